The summed E-state index contributed by atoms with van der Waals surface area (Å²) in [5.74, 6) is -0.383. The minimum absolute atomic E-state index is 0.0541. The summed E-state index contributed by atoms with van der Waals surface area (Å²) in [5, 5.41) is 0.408. The van der Waals surface area contributed by atoms with Gasteiger partial charge in [-0.05, 0) is 31.2 Å². The Kier molecular flexibility index (Phi) is 4.64. The summed E-state index contributed by atoms with van der Waals surface area (Å²) in [6.45, 7) is 1.77. The number of benzene rings is 1. The number of esters is 1. The fraction of sp³-hybridized carbons (Fsp3) is 0.158. The number of fused-ring (bicyclic) bond motifs is 2. The Balaban J connectivity index is 1.39. The summed E-state index contributed by atoms with van der Waals surface area (Å²) in [6, 6.07) is 14.2. The fourth-order valence-electron chi connectivity index (χ4n) is 2.67. The number of hydrogen-bond acceptors (Lipinski definition) is 7. The van der Waals surface area contributed by atoms with Gasteiger partial charge >= 0.3 is 5.97 Å². The molecule has 136 valence electrons. The number of aryl methyl sites for hydroxylation is 1. The van der Waals surface area contributed by atoms with Gasteiger partial charge in [0.25, 0.3) is 10.8 Å². The molecule has 0 bridgehead atoms. The Morgan fingerprint density at radius 1 is 1.19 bits per heavy atom. The van der Waals surface area contributed by atoms with Gasteiger partial charge in [-0.3, -0.25) is 14.0 Å². The SMILES string of the molecule is Cc1cccc2nc(COC(=O)CSc3nc4ccccc4o3)cc(=O)n12. The predicted molar refractivity (Wildman–Crippen MR) is 101 cm³/mol. The van der Waals surface area contributed by atoms with Gasteiger partial charge < -0.3 is 9.15 Å². The lowest BCUT2D eigenvalue weighted by molar-refractivity contribution is -0.141. The maximum atomic E-state index is 12.2. The number of pyridine rings is 1. The van der Waals surface area contributed by atoms with Gasteiger partial charge in [-0.1, -0.05) is 30.0 Å². The summed E-state index contributed by atoms with van der Waals surface area (Å²) in [4.78, 5) is 32.9. The smallest absolute Gasteiger partial charge is 0.316 e. The van der Waals surface area contributed by atoms with E-state index in [2.05, 4.69) is 9.97 Å². The molecule has 7 nitrogen and oxygen atoms in total. The normalized spacial score (nSPS) is 11.1. The van der Waals surface area contributed by atoms with Crippen LogP contribution in [0.3, 0.4) is 0 Å². The monoisotopic (exact) mass is 381 g/mol. The maximum absolute atomic E-state index is 12.2. The number of ether oxygens (including phenoxy) is 1. The summed E-state index contributed by atoms with van der Waals surface area (Å²) >= 11 is 1.16. The van der Waals surface area contributed by atoms with E-state index in [4.69, 9.17) is 9.15 Å². The van der Waals surface area contributed by atoms with Crippen molar-refractivity contribution in [3.8, 4) is 0 Å². The average Bonchev–Trinajstić information content (AvgIpc) is 3.07. The van der Waals surface area contributed by atoms with Gasteiger partial charge in [-0.25, -0.2) is 9.97 Å². The molecule has 1 aromatic carbocycles. The highest BCUT2D eigenvalue weighted by Crippen LogP contribution is 2.23. The van der Waals surface area contributed by atoms with E-state index in [0.29, 0.717) is 22.1 Å². The second-order valence-corrected chi connectivity index (χ2v) is 6.77. The van der Waals surface area contributed by atoms with Crippen molar-refractivity contribution < 1.29 is 13.9 Å². The number of para-hydroxylation sites is 2. The van der Waals surface area contributed by atoms with Crippen molar-refractivity contribution in [3.05, 3.63) is 70.3 Å². The first-order valence-electron chi connectivity index (χ1n) is 8.22. The van der Waals surface area contributed by atoms with Crippen LogP contribution in [0.1, 0.15) is 11.4 Å². The maximum Gasteiger partial charge on any atom is 0.316 e. The molecule has 3 heterocycles. The van der Waals surface area contributed by atoms with Gasteiger partial charge in [-0.2, -0.15) is 0 Å². The molecule has 0 aliphatic rings. The van der Waals surface area contributed by atoms with Crippen molar-refractivity contribution in [2.45, 2.75) is 18.8 Å². The Bertz CT molecular complexity index is 1170. The van der Waals surface area contributed by atoms with Crippen LogP contribution in [-0.2, 0) is 16.1 Å². The molecule has 4 aromatic rings. The van der Waals surface area contributed by atoms with Gasteiger partial charge in [-0.15, -0.1) is 0 Å². The standard InChI is InChI=1S/C19H15N3O4S/c1-12-5-4-8-16-20-13(9-17(23)22(12)16)10-25-18(24)11-27-19-21-14-6-2-3-7-15(14)26-19/h2-9H,10-11H2,1H3. The van der Waals surface area contributed by atoms with E-state index in [1.165, 1.54) is 10.5 Å². The molecular formula is C19H15N3O4S. The molecule has 4 rings (SSSR count). The highest BCUT2D eigenvalue weighted by Gasteiger charge is 2.11. The molecular weight excluding hydrogens is 366 g/mol. The average molecular weight is 381 g/mol. The molecule has 0 amide bonds. The number of oxazole rings is 1. The van der Waals surface area contributed by atoms with Gasteiger partial charge in [0, 0.05) is 11.8 Å². The molecule has 0 unspecified atom stereocenters. The van der Waals surface area contributed by atoms with Crippen LogP contribution >= 0.6 is 11.8 Å². The number of aromatic nitrogens is 3. The lowest BCUT2D eigenvalue weighted by atomic mass is 10.3. The van der Waals surface area contributed by atoms with Crippen LogP contribution in [-0.4, -0.2) is 26.1 Å². The van der Waals surface area contributed by atoms with Crippen LogP contribution in [0.15, 0.2) is 63.0 Å². The number of carbonyl (C=O) groups excluding carboxylic acids is 1. The van der Waals surface area contributed by atoms with E-state index in [1.54, 1.807) is 6.07 Å². The van der Waals surface area contributed by atoms with Crippen LogP contribution in [0.2, 0.25) is 0 Å². The lowest BCUT2D eigenvalue weighted by Gasteiger charge is -2.07. The molecule has 0 spiro atoms. The van der Waals surface area contributed by atoms with Crippen LogP contribution < -0.4 is 5.56 Å². The minimum atomic E-state index is -0.437. The molecule has 0 radical (unpaired) electrons. The first-order valence-corrected chi connectivity index (χ1v) is 9.21. The van der Waals surface area contributed by atoms with Crippen LogP contribution in [0.5, 0.6) is 0 Å². The zero-order chi connectivity index (χ0) is 18.8. The molecule has 8 heteroatoms. The van der Waals surface area contributed by atoms with E-state index >= 15 is 0 Å². The largest absolute Gasteiger partial charge is 0.459 e. The lowest BCUT2D eigenvalue weighted by Crippen LogP contribution is -2.18. The Morgan fingerprint density at radius 3 is 2.89 bits per heavy atom. The third-order valence-corrected chi connectivity index (χ3v) is 4.70. The summed E-state index contributed by atoms with van der Waals surface area (Å²) in [6.07, 6.45) is 0. The molecule has 0 fully saturated rings. The van der Waals surface area contributed by atoms with E-state index in [9.17, 15) is 9.59 Å². The van der Waals surface area contributed by atoms with Crippen LogP contribution in [0.25, 0.3) is 16.7 Å². The molecule has 0 atom stereocenters. The number of hydrogen-bond donors (Lipinski definition) is 0. The molecule has 0 saturated carbocycles. The summed E-state index contributed by atoms with van der Waals surface area (Å²) in [5.41, 5.74) is 2.93. The van der Waals surface area contributed by atoms with E-state index in [1.807, 2.05) is 43.3 Å². The van der Waals surface area contributed by atoms with Crippen LogP contribution in [0.4, 0.5) is 0 Å². The molecule has 3 aromatic heterocycles. The topological polar surface area (TPSA) is 86.7 Å². The third-order valence-electron chi connectivity index (χ3n) is 3.90. The third kappa shape index (κ3) is 3.70. The fourth-order valence-corrected chi connectivity index (χ4v) is 3.30. The summed E-state index contributed by atoms with van der Waals surface area (Å²) in [7, 11) is 0. The first-order chi connectivity index (χ1) is 13.1. The number of thioether (sulfide) groups is 1. The molecule has 0 N–H and O–H groups in total. The Morgan fingerprint density at radius 2 is 2.04 bits per heavy atom. The van der Waals surface area contributed by atoms with Crippen molar-refractivity contribution >= 4 is 34.5 Å². The van der Waals surface area contributed by atoms with Crippen molar-refractivity contribution in [1.29, 1.82) is 0 Å². The molecule has 0 aliphatic carbocycles. The van der Waals surface area contributed by atoms with Crippen molar-refractivity contribution in [3.63, 3.8) is 0 Å². The van der Waals surface area contributed by atoms with E-state index in [-0.39, 0.29) is 17.9 Å². The number of nitrogens with zero attached hydrogens (tertiary/aromatic N) is 3. The van der Waals surface area contributed by atoms with E-state index < -0.39 is 5.97 Å². The highest BCUT2D eigenvalue weighted by atomic mass is 32.2. The molecule has 0 aliphatic heterocycles. The zero-order valence-corrected chi connectivity index (χ0v) is 15.2. The molecule has 27 heavy (non-hydrogen) atoms. The molecule has 0 saturated heterocycles. The summed E-state index contributed by atoms with van der Waals surface area (Å²) < 4.78 is 12.3. The first kappa shape index (κ1) is 17.3. The quantitative estimate of drug-likeness (QED) is 0.388. The van der Waals surface area contributed by atoms with Gasteiger partial charge in [0.1, 0.15) is 23.5 Å². The Labute approximate surface area is 158 Å². The second kappa shape index (κ2) is 7.24. The Hall–Kier alpha value is -3.13. The number of rotatable bonds is 5. The van der Waals surface area contributed by atoms with Crippen molar-refractivity contribution in [2.24, 2.45) is 0 Å². The second-order valence-electron chi connectivity index (χ2n) is 5.84. The minimum Gasteiger partial charge on any atom is -0.459 e. The van der Waals surface area contributed by atoms with Crippen molar-refractivity contribution in [2.75, 3.05) is 5.75 Å². The van der Waals surface area contributed by atoms with Crippen LogP contribution in [0, 0.1) is 6.92 Å². The van der Waals surface area contributed by atoms with Crippen molar-refractivity contribution in [1.82, 2.24) is 14.4 Å². The predicted octanol–water partition coefficient (Wildman–Crippen LogP) is 2.98. The van der Waals surface area contributed by atoms with E-state index in [0.717, 1.165) is 23.0 Å². The van der Waals surface area contributed by atoms with Gasteiger partial charge in [0.05, 0.1) is 5.69 Å². The highest BCUT2D eigenvalue weighted by molar-refractivity contribution is 7.99. The zero-order valence-electron chi connectivity index (χ0n) is 14.4. The van der Waals surface area contributed by atoms with Gasteiger partial charge in [0.2, 0.25) is 0 Å². The number of carbonyl (C=O) groups is 1. The van der Waals surface area contributed by atoms with Gasteiger partial charge in [0.15, 0.2) is 5.58 Å².